The van der Waals surface area contributed by atoms with E-state index in [0.717, 1.165) is 0 Å². The minimum atomic E-state index is -1.38. The van der Waals surface area contributed by atoms with E-state index in [0.29, 0.717) is 16.8 Å². The highest BCUT2D eigenvalue weighted by Crippen LogP contribution is 2.39. The monoisotopic (exact) mass is 825 g/mol. The van der Waals surface area contributed by atoms with Crippen LogP contribution in [0, 0.1) is 11.3 Å². The molecule has 0 aliphatic carbocycles. The summed E-state index contributed by atoms with van der Waals surface area (Å²) < 4.78 is 5.76. The standard InChI is InChI=1S/C44H39N7O10/c1-24(2)61-39-34(20-19-33(38(39)54)42(57)48-31-17-11-29(12-18-31)44(59)60)50-40(55)27-9-15-32(16-10-27)49-43(58)35(22-36(46)52)51-41(56)28-7-13-30(14-8-28)47-37(53)21-25-3-5-26(23-45)6-4-25/h3-20,24,35,54H,21-22H2,1-2H3,(H2,46,52)(H,47,53)(H,48,57)(H,49,58)(H,50,55)(H,51,56)(H,59,60). The summed E-state index contributed by atoms with van der Waals surface area (Å²) >= 11 is 0. The zero-order chi connectivity index (χ0) is 44.2. The number of hydrogen-bond acceptors (Lipinski definition) is 10. The topological polar surface area (TPSA) is 279 Å². The van der Waals surface area contributed by atoms with E-state index in [4.69, 9.17) is 20.8 Å². The predicted octanol–water partition coefficient (Wildman–Crippen LogP) is 5.05. The van der Waals surface area contributed by atoms with E-state index in [1.807, 2.05) is 6.07 Å². The highest BCUT2D eigenvalue weighted by atomic mass is 16.5. The van der Waals surface area contributed by atoms with Crippen molar-refractivity contribution in [1.82, 2.24) is 5.32 Å². The van der Waals surface area contributed by atoms with E-state index in [2.05, 4.69) is 26.6 Å². The number of nitrogens with one attached hydrogen (secondary N) is 5. The number of anilines is 4. The lowest BCUT2D eigenvalue weighted by Gasteiger charge is -2.19. The van der Waals surface area contributed by atoms with Crippen LogP contribution < -0.4 is 37.1 Å². The lowest BCUT2D eigenvalue weighted by atomic mass is 10.1. The molecule has 0 aliphatic heterocycles. The van der Waals surface area contributed by atoms with Gasteiger partial charge in [-0.2, -0.15) is 5.26 Å². The van der Waals surface area contributed by atoms with Crippen molar-refractivity contribution in [2.24, 2.45) is 5.73 Å². The Balaban J connectivity index is 1.20. The van der Waals surface area contributed by atoms with Crippen LogP contribution >= 0.6 is 0 Å². The second kappa shape index (κ2) is 19.8. The molecule has 0 heterocycles. The quantitative estimate of drug-likeness (QED) is 0.0652. The first-order valence-electron chi connectivity index (χ1n) is 18.5. The maximum absolute atomic E-state index is 13.3. The normalized spacial score (nSPS) is 11.0. The number of rotatable bonds is 16. The van der Waals surface area contributed by atoms with E-state index in [-0.39, 0.29) is 57.4 Å². The van der Waals surface area contributed by atoms with Crippen LogP contribution in [0.15, 0.2) is 109 Å². The number of carboxylic acids is 1. The van der Waals surface area contributed by atoms with Crippen molar-refractivity contribution in [2.75, 3.05) is 21.3 Å². The summed E-state index contributed by atoms with van der Waals surface area (Å²) in [5.74, 6) is -5.89. The zero-order valence-electron chi connectivity index (χ0n) is 32.6. The third kappa shape index (κ3) is 12.0. The first kappa shape index (κ1) is 43.6. The molecular formula is C44H39N7O10. The number of nitrogens with zero attached hydrogens (tertiary/aromatic N) is 1. The minimum absolute atomic E-state index is 0.0204. The summed E-state index contributed by atoms with van der Waals surface area (Å²) in [5, 5.41) is 42.1. The van der Waals surface area contributed by atoms with Gasteiger partial charge < -0.3 is 47.3 Å². The first-order valence-corrected chi connectivity index (χ1v) is 18.5. The molecule has 6 amide bonds. The van der Waals surface area contributed by atoms with Crippen LogP contribution in [0.5, 0.6) is 11.5 Å². The molecule has 0 radical (unpaired) electrons. The maximum Gasteiger partial charge on any atom is 0.335 e. The SMILES string of the molecule is CC(C)Oc1c(NC(=O)c2ccc(NC(=O)C(CC(N)=O)NC(=O)c3ccc(NC(=O)Cc4ccc(C#N)cc4)cc3)cc2)ccc(C(=O)Nc2ccc(C(=O)O)cc2)c1O. The molecule has 17 nitrogen and oxygen atoms in total. The van der Waals surface area contributed by atoms with Gasteiger partial charge in [-0.3, -0.25) is 28.8 Å². The Morgan fingerprint density at radius 1 is 0.672 bits per heavy atom. The Morgan fingerprint density at radius 2 is 1.21 bits per heavy atom. The number of benzene rings is 5. The lowest BCUT2D eigenvalue weighted by Crippen LogP contribution is -2.46. The molecule has 1 atom stereocenters. The Labute approximate surface area is 348 Å². The average Bonchev–Trinajstić information content (AvgIpc) is 3.22. The van der Waals surface area contributed by atoms with E-state index in [1.165, 1.54) is 84.9 Å². The van der Waals surface area contributed by atoms with Gasteiger partial charge in [-0.1, -0.05) is 12.1 Å². The molecule has 1 unspecified atom stereocenters. The number of nitrogens with two attached hydrogens (primary N) is 1. The van der Waals surface area contributed by atoms with Crippen LogP contribution in [0.2, 0.25) is 0 Å². The molecule has 17 heteroatoms. The molecule has 0 aliphatic rings. The zero-order valence-corrected chi connectivity index (χ0v) is 32.6. The molecule has 9 N–H and O–H groups in total. The van der Waals surface area contributed by atoms with Gasteiger partial charge in [0.25, 0.3) is 17.7 Å². The molecule has 0 spiro atoms. The van der Waals surface area contributed by atoms with E-state index < -0.39 is 59.8 Å². The Kier molecular flexibility index (Phi) is 14.1. The van der Waals surface area contributed by atoms with Crippen molar-refractivity contribution < 1.29 is 48.5 Å². The minimum Gasteiger partial charge on any atom is -0.504 e. The van der Waals surface area contributed by atoms with Gasteiger partial charge in [-0.15, -0.1) is 0 Å². The first-order chi connectivity index (χ1) is 29.1. The van der Waals surface area contributed by atoms with Crippen molar-refractivity contribution in [3.05, 3.63) is 143 Å². The second-order valence-electron chi connectivity index (χ2n) is 13.7. The second-order valence-corrected chi connectivity index (χ2v) is 13.7. The van der Waals surface area contributed by atoms with Crippen molar-refractivity contribution >= 4 is 64.2 Å². The summed E-state index contributed by atoms with van der Waals surface area (Å²) in [7, 11) is 0. The molecule has 0 saturated heterocycles. The highest BCUT2D eigenvalue weighted by molar-refractivity contribution is 6.10. The number of carbonyl (C=O) groups is 7. The number of aromatic carboxylic acids is 1. The molecule has 5 aromatic rings. The average molecular weight is 826 g/mol. The molecule has 310 valence electrons. The number of aromatic hydroxyl groups is 1. The molecule has 5 aromatic carbocycles. The number of amides is 6. The number of phenols is 1. The van der Waals surface area contributed by atoms with Gasteiger partial charge in [0.15, 0.2) is 11.5 Å². The summed E-state index contributed by atoms with van der Waals surface area (Å²) in [6.45, 7) is 3.36. The van der Waals surface area contributed by atoms with Crippen molar-refractivity contribution in [3.63, 3.8) is 0 Å². The smallest absolute Gasteiger partial charge is 0.335 e. The summed E-state index contributed by atoms with van der Waals surface area (Å²) in [5.41, 5.74) is 7.57. The van der Waals surface area contributed by atoms with Crippen LogP contribution in [-0.2, 0) is 20.8 Å². The van der Waals surface area contributed by atoms with Crippen LogP contribution in [0.1, 0.15) is 72.8 Å². The van der Waals surface area contributed by atoms with E-state index >= 15 is 0 Å². The van der Waals surface area contributed by atoms with E-state index in [9.17, 15) is 38.7 Å². The Morgan fingerprint density at radius 3 is 1.75 bits per heavy atom. The predicted molar refractivity (Wildman–Crippen MR) is 223 cm³/mol. The van der Waals surface area contributed by atoms with Crippen molar-refractivity contribution in [2.45, 2.75) is 38.8 Å². The third-order valence-electron chi connectivity index (χ3n) is 8.69. The lowest BCUT2D eigenvalue weighted by molar-refractivity contribution is -0.123. The number of phenolic OH excluding ortho intramolecular Hbond substituents is 1. The summed E-state index contributed by atoms with van der Waals surface area (Å²) in [6.07, 6.45) is -0.957. The van der Waals surface area contributed by atoms with E-state index in [1.54, 1.807) is 38.1 Å². The maximum atomic E-state index is 13.3. The number of carbonyl (C=O) groups excluding carboxylic acids is 6. The Bertz CT molecular complexity index is 2520. The molecular weight excluding hydrogens is 787 g/mol. The van der Waals surface area contributed by atoms with Gasteiger partial charge in [0.05, 0.1) is 47.4 Å². The van der Waals surface area contributed by atoms with Crippen molar-refractivity contribution in [3.8, 4) is 17.6 Å². The molecule has 0 saturated carbocycles. The fourth-order valence-corrected chi connectivity index (χ4v) is 5.68. The van der Waals surface area contributed by atoms with Gasteiger partial charge in [0.1, 0.15) is 6.04 Å². The molecule has 61 heavy (non-hydrogen) atoms. The van der Waals surface area contributed by atoms with Gasteiger partial charge in [-0.05, 0) is 116 Å². The number of nitriles is 1. The van der Waals surface area contributed by atoms with Gasteiger partial charge in [0.2, 0.25) is 17.7 Å². The van der Waals surface area contributed by atoms with Gasteiger partial charge in [0, 0.05) is 28.2 Å². The molecule has 0 aromatic heterocycles. The van der Waals surface area contributed by atoms with Crippen LogP contribution in [0.25, 0.3) is 0 Å². The number of hydrogen-bond donors (Lipinski definition) is 8. The third-order valence-corrected chi connectivity index (χ3v) is 8.69. The summed E-state index contributed by atoms with van der Waals surface area (Å²) in [4.78, 5) is 88.2. The van der Waals surface area contributed by atoms with Gasteiger partial charge in [-0.25, -0.2) is 4.79 Å². The van der Waals surface area contributed by atoms with Crippen LogP contribution in [0.3, 0.4) is 0 Å². The molecule has 0 bridgehead atoms. The Hall–Kier alpha value is -8.52. The fourth-order valence-electron chi connectivity index (χ4n) is 5.68. The molecule has 5 rings (SSSR count). The van der Waals surface area contributed by atoms with Crippen LogP contribution in [0.4, 0.5) is 22.7 Å². The number of ether oxygens (including phenoxy) is 1. The van der Waals surface area contributed by atoms with Crippen LogP contribution in [-0.4, -0.2) is 63.8 Å². The largest absolute Gasteiger partial charge is 0.504 e. The fraction of sp³-hybridized carbons (Fsp3) is 0.136. The van der Waals surface area contributed by atoms with Gasteiger partial charge >= 0.3 is 5.97 Å². The van der Waals surface area contributed by atoms with Crippen molar-refractivity contribution in [1.29, 1.82) is 5.26 Å². The number of carboxylic acid groups (broad SMARTS) is 1. The highest BCUT2D eigenvalue weighted by Gasteiger charge is 2.25. The summed E-state index contributed by atoms with van der Waals surface area (Å²) in [6, 6.07) is 26.7. The molecule has 0 fully saturated rings. The number of primary amides is 1.